The number of hydrogen-bond donors (Lipinski definition) is 1. The van der Waals surface area contributed by atoms with Crippen molar-refractivity contribution in [2.24, 2.45) is 0 Å². The summed E-state index contributed by atoms with van der Waals surface area (Å²) in [5, 5.41) is 2.71. The molecule has 1 aromatic carbocycles. The first-order valence-corrected chi connectivity index (χ1v) is 8.32. The molecule has 2 heterocycles. The maximum absolute atomic E-state index is 13.0. The van der Waals surface area contributed by atoms with Crippen LogP contribution in [0.25, 0.3) is 10.4 Å². The second kappa shape index (κ2) is 6.91. The average molecular weight is 332 g/mol. The van der Waals surface area contributed by atoms with Gasteiger partial charge in [0.15, 0.2) is 0 Å². The predicted octanol–water partition coefficient (Wildman–Crippen LogP) is 2.45. The van der Waals surface area contributed by atoms with Gasteiger partial charge in [-0.05, 0) is 36.2 Å². The van der Waals surface area contributed by atoms with Gasteiger partial charge in [0.25, 0.3) is 0 Å². The molecule has 2 aromatic rings. The van der Waals surface area contributed by atoms with Gasteiger partial charge >= 0.3 is 0 Å². The highest BCUT2D eigenvalue weighted by Crippen LogP contribution is 2.29. The van der Waals surface area contributed by atoms with Crippen molar-refractivity contribution in [1.29, 1.82) is 0 Å². The number of nitrogens with one attached hydrogen (secondary N) is 1. The number of piperazine rings is 1. The van der Waals surface area contributed by atoms with Crippen molar-refractivity contribution in [2.75, 3.05) is 19.6 Å². The molecule has 0 spiro atoms. The lowest BCUT2D eigenvalue weighted by molar-refractivity contribution is -0.138. The van der Waals surface area contributed by atoms with Crippen molar-refractivity contribution in [3.8, 4) is 10.4 Å². The fourth-order valence-corrected chi connectivity index (χ4v) is 3.53. The minimum Gasteiger partial charge on any atom is -0.353 e. The lowest BCUT2D eigenvalue weighted by Gasteiger charge is -2.26. The summed E-state index contributed by atoms with van der Waals surface area (Å²) in [6, 6.07) is 10.4. The average Bonchev–Trinajstić information content (AvgIpc) is 3.02. The van der Waals surface area contributed by atoms with E-state index in [-0.39, 0.29) is 24.2 Å². The van der Waals surface area contributed by atoms with Crippen LogP contribution < -0.4 is 5.32 Å². The van der Waals surface area contributed by atoms with E-state index < -0.39 is 0 Å². The van der Waals surface area contributed by atoms with Crippen molar-refractivity contribution in [3.63, 3.8) is 0 Å². The quantitative estimate of drug-likeness (QED) is 0.935. The topological polar surface area (TPSA) is 49.4 Å². The number of aryl methyl sites for hydroxylation is 1. The van der Waals surface area contributed by atoms with Crippen molar-refractivity contribution in [2.45, 2.75) is 12.8 Å². The number of amides is 2. The lowest BCUT2D eigenvalue weighted by Crippen LogP contribution is -2.50. The molecule has 0 aliphatic carbocycles. The summed E-state index contributed by atoms with van der Waals surface area (Å²) in [5.41, 5.74) is 0.974. The lowest BCUT2D eigenvalue weighted by atomic mass is 10.2. The summed E-state index contributed by atoms with van der Waals surface area (Å²) in [4.78, 5) is 27.2. The Morgan fingerprint density at radius 3 is 2.74 bits per heavy atom. The number of carbonyl (C=O) groups is 2. The molecule has 1 aliphatic rings. The number of rotatable bonds is 4. The molecule has 1 aliphatic heterocycles. The summed E-state index contributed by atoms with van der Waals surface area (Å²) in [6.45, 7) is 1.26. The number of carbonyl (C=O) groups excluding carboxylic acids is 2. The number of halogens is 1. The molecule has 120 valence electrons. The highest BCUT2D eigenvalue weighted by atomic mass is 32.1. The van der Waals surface area contributed by atoms with E-state index in [1.165, 1.54) is 12.1 Å². The van der Waals surface area contributed by atoms with Crippen LogP contribution in [0.3, 0.4) is 0 Å². The van der Waals surface area contributed by atoms with Gasteiger partial charge in [0.05, 0.1) is 6.54 Å². The van der Waals surface area contributed by atoms with Crippen LogP contribution in [0.4, 0.5) is 4.39 Å². The largest absolute Gasteiger partial charge is 0.353 e. The van der Waals surface area contributed by atoms with Gasteiger partial charge in [-0.1, -0.05) is 12.1 Å². The summed E-state index contributed by atoms with van der Waals surface area (Å²) >= 11 is 1.61. The minimum atomic E-state index is -0.248. The van der Waals surface area contributed by atoms with Gasteiger partial charge in [-0.3, -0.25) is 9.59 Å². The molecule has 1 fully saturated rings. The molecule has 1 aromatic heterocycles. The van der Waals surface area contributed by atoms with E-state index in [0.29, 0.717) is 25.9 Å². The molecular formula is C17H17FN2O2S. The Hall–Kier alpha value is -2.21. The minimum absolute atomic E-state index is 0.0107. The summed E-state index contributed by atoms with van der Waals surface area (Å²) in [6.07, 6.45) is 1.06. The van der Waals surface area contributed by atoms with Gasteiger partial charge < -0.3 is 10.2 Å². The zero-order valence-electron chi connectivity index (χ0n) is 12.5. The van der Waals surface area contributed by atoms with Crippen LogP contribution in [0.5, 0.6) is 0 Å². The third kappa shape index (κ3) is 3.96. The number of thiophene rings is 1. The molecule has 2 amide bonds. The Kier molecular flexibility index (Phi) is 4.71. The Labute approximate surface area is 137 Å². The number of hydrogen-bond acceptors (Lipinski definition) is 3. The predicted molar refractivity (Wildman–Crippen MR) is 87.6 cm³/mol. The van der Waals surface area contributed by atoms with Gasteiger partial charge in [-0.15, -0.1) is 11.3 Å². The van der Waals surface area contributed by atoms with Gasteiger partial charge in [0, 0.05) is 29.3 Å². The maximum atomic E-state index is 13.0. The highest BCUT2D eigenvalue weighted by Gasteiger charge is 2.20. The monoisotopic (exact) mass is 332 g/mol. The van der Waals surface area contributed by atoms with E-state index in [2.05, 4.69) is 5.32 Å². The first kappa shape index (κ1) is 15.7. The van der Waals surface area contributed by atoms with Crippen LogP contribution in [0.2, 0.25) is 0 Å². The van der Waals surface area contributed by atoms with Crippen molar-refractivity contribution >= 4 is 23.2 Å². The van der Waals surface area contributed by atoms with Gasteiger partial charge in [-0.25, -0.2) is 4.39 Å². The highest BCUT2D eigenvalue weighted by molar-refractivity contribution is 7.15. The zero-order chi connectivity index (χ0) is 16.2. The van der Waals surface area contributed by atoms with Gasteiger partial charge in [-0.2, -0.15) is 0 Å². The van der Waals surface area contributed by atoms with Crippen LogP contribution in [0, 0.1) is 5.82 Å². The van der Waals surface area contributed by atoms with E-state index in [0.717, 1.165) is 15.3 Å². The molecule has 0 atom stereocenters. The van der Waals surface area contributed by atoms with Crippen LogP contribution in [-0.2, 0) is 16.0 Å². The zero-order valence-corrected chi connectivity index (χ0v) is 13.4. The summed E-state index contributed by atoms with van der Waals surface area (Å²) in [5.74, 6) is -0.336. The molecular weight excluding hydrogens is 315 g/mol. The maximum Gasteiger partial charge on any atom is 0.239 e. The molecule has 0 bridgehead atoms. The van der Waals surface area contributed by atoms with Crippen molar-refractivity contribution in [3.05, 3.63) is 47.1 Å². The fourth-order valence-electron chi connectivity index (χ4n) is 2.52. The first-order chi connectivity index (χ1) is 11.1. The standard InChI is InChI=1S/C17H17FN2O2S/c18-13-3-1-12(2-4-13)15-7-5-14(23-15)6-8-17(22)20-10-9-19-16(21)11-20/h1-5,7H,6,8-11H2,(H,19,21). The Morgan fingerprint density at radius 2 is 2.00 bits per heavy atom. The molecule has 1 saturated heterocycles. The molecule has 6 heteroatoms. The summed E-state index contributed by atoms with van der Waals surface area (Å²) in [7, 11) is 0. The fraction of sp³-hybridized carbons (Fsp3) is 0.294. The number of nitrogens with zero attached hydrogens (tertiary/aromatic N) is 1. The SMILES string of the molecule is O=C1CN(C(=O)CCc2ccc(-c3ccc(F)cc3)s2)CCN1. The molecule has 1 N–H and O–H groups in total. The van der Waals surface area contributed by atoms with Crippen LogP contribution in [-0.4, -0.2) is 36.3 Å². The molecule has 23 heavy (non-hydrogen) atoms. The van der Waals surface area contributed by atoms with E-state index in [1.54, 1.807) is 28.4 Å². The van der Waals surface area contributed by atoms with Crippen molar-refractivity contribution in [1.82, 2.24) is 10.2 Å². The first-order valence-electron chi connectivity index (χ1n) is 7.51. The molecule has 0 unspecified atom stereocenters. The van der Waals surface area contributed by atoms with E-state index >= 15 is 0 Å². The Bertz CT molecular complexity index is 712. The molecule has 3 rings (SSSR count). The third-order valence-electron chi connectivity index (χ3n) is 3.77. The van der Waals surface area contributed by atoms with Crippen LogP contribution in [0.15, 0.2) is 36.4 Å². The molecule has 4 nitrogen and oxygen atoms in total. The van der Waals surface area contributed by atoms with E-state index in [9.17, 15) is 14.0 Å². The van der Waals surface area contributed by atoms with Gasteiger partial charge in [0.1, 0.15) is 5.82 Å². The smallest absolute Gasteiger partial charge is 0.239 e. The Morgan fingerprint density at radius 1 is 1.22 bits per heavy atom. The van der Waals surface area contributed by atoms with E-state index in [1.807, 2.05) is 12.1 Å². The molecule has 0 saturated carbocycles. The van der Waals surface area contributed by atoms with Gasteiger partial charge in [0.2, 0.25) is 11.8 Å². The van der Waals surface area contributed by atoms with Crippen LogP contribution in [0.1, 0.15) is 11.3 Å². The second-order valence-corrected chi connectivity index (χ2v) is 6.61. The molecule has 0 radical (unpaired) electrons. The third-order valence-corrected chi connectivity index (χ3v) is 4.96. The van der Waals surface area contributed by atoms with E-state index in [4.69, 9.17) is 0 Å². The second-order valence-electron chi connectivity index (χ2n) is 5.44. The van der Waals surface area contributed by atoms with Crippen LogP contribution >= 0.6 is 11.3 Å². The van der Waals surface area contributed by atoms with Crippen molar-refractivity contribution < 1.29 is 14.0 Å². The number of benzene rings is 1. The summed E-state index contributed by atoms with van der Waals surface area (Å²) < 4.78 is 13.0. The normalized spacial score (nSPS) is 14.7. The Balaban J connectivity index is 1.57.